The molecule has 0 N–H and O–H groups in total. The minimum Gasteiger partial charge on any atom is -0.337 e. The molecule has 1 aromatic carbocycles. The fourth-order valence-electron chi connectivity index (χ4n) is 4.34. The summed E-state index contributed by atoms with van der Waals surface area (Å²) < 4.78 is 1.84. The van der Waals surface area contributed by atoms with Gasteiger partial charge in [-0.25, -0.2) is 0 Å². The predicted octanol–water partition coefficient (Wildman–Crippen LogP) is 2.18. The van der Waals surface area contributed by atoms with E-state index in [2.05, 4.69) is 29.2 Å². The maximum atomic E-state index is 12.9. The van der Waals surface area contributed by atoms with E-state index in [0.717, 1.165) is 44.7 Å². The van der Waals surface area contributed by atoms with Gasteiger partial charge in [0.05, 0.1) is 0 Å². The lowest BCUT2D eigenvalue weighted by Crippen LogP contribution is -2.33. The third-order valence-electron chi connectivity index (χ3n) is 5.78. The van der Waals surface area contributed by atoms with Crippen LogP contribution in [0.1, 0.15) is 34.6 Å². The Morgan fingerprint density at radius 2 is 1.88 bits per heavy atom. The molecule has 1 atom stereocenters. The van der Waals surface area contributed by atoms with Crippen molar-refractivity contribution in [3.05, 3.63) is 53.3 Å². The highest BCUT2D eigenvalue weighted by atomic mass is 16.2. The van der Waals surface area contributed by atoms with Crippen molar-refractivity contribution in [1.82, 2.24) is 19.6 Å². The summed E-state index contributed by atoms with van der Waals surface area (Å²) >= 11 is 0. The van der Waals surface area contributed by atoms with E-state index < -0.39 is 0 Å². The Morgan fingerprint density at radius 1 is 1.12 bits per heavy atom. The molecular weight excluding hydrogens is 312 g/mol. The van der Waals surface area contributed by atoms with E-state index in [4.69, 9.17) is 0 Å². The summed E-state index contributed by atoms with van der Waals surface area (Å²) in [6, 6.07) is 12.3. The van der Waals surface area contributed by atoms with Crippen molar-refractivity contribution in [2.75, 3.05) is 33.2 Å². The molecule has 2 aliphatic rings. The SMILES string of the molecule is CN1CCC2(CCN(C(=O)c3cc(Cc4ccccc4)n(C)n3)C2)C1. The van der Waals surface area contributed by atoms with Crippen molar-refractivity contribution in [2.24, 2.45) is 12.5 Å². The molecule has 4 rings (SSSR count). The molecule has 132 valence electrons. The fraction of sp³-hybridized carbons (Fsp3) is 0.500. The molecule has 2 saturated heterocycles. The average molecular weight is 338 g/mol. The van der Waals surface area contributed by atoms with Gasteiger partial charge in [0.15, 0.2) is 5.69 Å². The zero-order valence-corrected chi connectivity index (χ0v) is 15.1. The molecule has 3 heterocycles. The van der Waals surface area contributed by atoms with Crippen LogP contribution >= 0.6 is 0 Å². The van der Waals surface area contributed by atoms with Gasteiger partial charge < -0.3 is 9.80 Å². The number of nitrogens with zero attached hydrogens (tertiary/aromatic N) is 4. The van der Waals surface area contributed by atoms with Gasteiger partial charge in [0.1, 0.15) is 0 Å². The number of hydrogen-bond acceptors (Lipinski definition) is 3. The van der Waals surface area contributed by atoms with Crippen LogP contribution < -0.4 is 0 Å². The third-order valence-corrected chi connectivity index (χ3v) is 5.78. The summed E-state index contributed by atoms with van der Waals surface area (Å²) in [6.45, 7) is 3.99. The zero-order valence-electron chi connectivity index (χ0n) is 15.1. The van der Waals surface area contributed by atoms with Crippen molar-refractivity contribution < 1.29 is 4.79 Å². The summed E-state index contributed by atoms with van der Waals surface area (Å²) in [5, 5.41) is 4.50. The molecule has 0 saturated carbocycles. The lowest BCUT2D eigenvalue weighted by Gasteiger charge is -2.23. The van der Waals surface area contributed by atoms with E-state index in [1.54, 1.807) is 0 Å². The summed E-state index contributed by atoms with van der Waals surface area (Å²) in [5.74, 6) is 0.0846. The van der Waals surface area contributed by atoms with E-state index >= 15 is 0 Å². The van der Waals surface area contributed by atoms with Gasteiger partial charge in [-0.1, -0.05) is 30.3 Å². The van der Waals surface area contributed by atoms with Crippen molar-refractivity contribution in [1.29, 1.82) is 0 Å². The quantitative estimate of drug-likeness (QED) is 0.861. The molecule has 1 spiro atoms. The van der Waals surface area contributed by atoms with E-state index in [0.29, 0.717) is 11.1 Å². The molecule has 25 heavy (non-hydrogen) atoms. The average Bonchev–Trinajstić information content (AvgIpc) is 3.29. The Labute approximate surface area is 149 Å². The van der Waals surface area contributed by atoms with Crippen LogP contribution in [0.4, 0.5) is 0 Å². The number of aromatic nitrogens is 2. The van der Waals surface area contributed by atoms with Gasteiger partial charge in [0, 0.05) is 44.2 Å². The molecule has 2 aromatic rings. The van der Waals surface area contributed by atoms with Crippen LogP contribution in [0.3, 0.4) is 0 Å². The molecule has 0 bridgehead atoms. The van der Waals surface area contributed by atoms with Gasteiger partial charge in [-0.3, -0.25) is 9.48 Å². The first-order valence-electron chi connectivity index (χ1n) is 9.09. The molecule has 1 unspecified atom stereocenters. The lowest BCUT2D eigenvalue weighted by atomic mass is 9.86. The minimum absolute atomic E-state index is 0.0846. The summed E-state index contributed by atoms with van der Waals surface area (Å²) in [5.41, 5.74) is 3.20. The maximum Gasteiger partial charge on any atom is 0.274 e. The number of likely N-dealkylation sites (tertiary alicyclic amines) is 2. The smallest absolute Gasteiger partial charge is 0.274 e. The first kappa shape index (κ1) is 16.3. The molecule has 1 aromatic heterocycles. The summed E-state index contributed by atoms with van der Waals surface area (Å²) in [7, 11) is 4.10. The molecular formula is C20H26N4O. The van der Waals surface area contributed by atoms with Crippen molar-refractivity contribution >= 4 is 5.91 Å². The van der Waals surface area contributed by atoms with Gasteiger partial charge in [-0.15, -0.1) is 0 Å². The Hall–Kier alpha value is -2.14. The van der Waals surface area contributed by atoms with Gasteiger partial charge in [0.25, 0.3) is 5.91 Å². The second kappa shape index (κ2) is 6.30. The highest BCUT2D eigenvalue weighted by Gasteiger charge is 2.44. The van der Waals surface area contributed by atoms with Gasteiger partial charge >= 0.3 is 0 Å². The Bertz CT molecular complexity index is 769. The Balaban J connectivity index is 1.47. The highest BCUT2D eigenvalue weighted by Crippen LogP contribution is 2.39. The highest BCUT2D eigenvalue weighted by molar-refractivity contribution is 5.92. The van der Waals surface area contributed by atoms with Crippen molar-refractivity contribution in [3.8, 4) is 0 Å². The largest absolute Gasteiger partial charge is 0.337 e. The predicted molar refractivity (Wildman–Crippen MR) is 97.5 cm³/mol. The normalized spacial score (nSPS) is 23.7. The number of carbonyl (C=O) groups is 1. The van der Waals surface area contributed by atoms with Gasteiger partial charge in [-0.05, 0) is 38.1 Å². The lowest BCUT2D eigenvalue weighted by molar-refractivity contribution is 0.0767. The van der Waals surface area contributed by atoms with E-state index in [1.165, 1.54) is 12.0 Å². The molecule has 5 heteroatoms. The maximum absolute atomic E-state index is 12.9. The first-order valence-corrected chi connectivity index (χ1v) is 9.09. The van der Waals surface area contributed by atoms with E-state index in [-0.39, 0.29) is 5.91 Å². The van der Waals surface area contributed by atoms with Crippen LogP contribution in [0.2, 0.25) is 0 Å². The fourth-order valence-corrected chi connectivity index (χ4v) is 4.34. The van der Waals surface area contributed by atoms with Crippen LogP contribution in [-0.2, 0) is 13.5 Å². The molecule has 1 amide bonds. The standard InChI is InChI=1S/C20H26N4O/c1-22-10-8-20(14-22)9-11-24(15-20)19(25)18-13-17(23(2)21-18)12-16-6-4-3-5-7-16/h3-7,13H,8-12,14-15H2,1-2H3. The number of hydrogen-bond donors (Lipinski definition) is 0. The number of benzene rings is 1. The van der Waals surface area contributed by atoms with Crippen LogP contribution in [-0.4, -0.2) is 58.7 Å². The van der Waals surface area contributed by atoms with Gasteiger partial charge in [0.2, 0.25) is 0 Å². The molecule has 2 aliphatic heterocycles. The molecule has 0 radical (unpaired) electrons. The Kier molecular flexibility index (Phi) is 4.12. The van der Waals surface area contributed by atoms with Crippen LogP contribution in [0.5, 0.6) is 0 Å². The number of rotatable bonds is 3. The molecule has 5 nitrogen and oxygen atoms in total. The topological polar surface area (TPSA) is 41.4 Å². The van der Waals surface area contributed by atoms with Crippen molar-refractivity contribution in [2.45, 2.75) is 19.3 Å². The number of amides is 1. The third kappa shape index (κ3) is 3.21. The number of aryl methyl sites for hydroxylation is 1. The van der Waals surface area contributed by atoms with Gasteiger partial charge in [-0.2, -0.15) is 5.10 Å². The molecule has 2 fully saturated rings. The Morgan fingerprint density at radius 3 is 2.60 bits per heavy atom. The first-order chi connectivity index (χ1) is 12.0. The summed E-state index contributed by atoms with van der Waals surface area (Å²) in [6.07, 6.45) is 3.12. The molecule has 0 aliphatic carbocycles. The zero-order chi connectivity index (χ0) is 17.4. The van der Waals surface area contributed by atoms with Crippen molar-refractivity contribution in [3.63, 3.8) is 0 Å². The van der Waals surface area contributed by atoms with E-state index in [1.807, 2.05) is 40.9 Å². The van der Waals surface area contributed by atoms with Crippen LogP contribution in [0.15, 0.2) is 36.4 Å². The second-order valence-electron chi connectivity index (χ2n) is 7.77. The second-order valence-corrected chi connectivity index (χ2v) is 7.77. The van der Waals surface area contributed by atoms with Crippen LogP contribution in [0, 0.1) is 5.41 Å². The minimum atomic E-state index is 0.0846. The van der Waals surface area contributed by atoms with E-state index in [9.17, 15) is 4.79 Å². The summed E-state index contributed by atoms with van der Waals surface area (Å²) in [4.78, 5) is 17.3. The number of carbonyl (C=O) groups excluding carboxylic acids is 1. The monoisotopic (exact) mass is 338 g/mol. The van der Waals surface area contributed by atoms with Crippen LogP contribution in [0.25, 0.3) is 0 Å².